The molecule has 1 fully saturated rings. The molecule has 1 saturated heterocycles. The molecule has 1 aliphatic heterocycles. The van der Waals surface area contributed by atoms with E-state index in [9.17, 15) is 19.5 Å². The number of aliphatic hydroxyl groups excluding tert-OH is 1. The summed E-state index contributed by atoms with van der Waals surface area (Å²) < 4.78 is 10.2. The minimum atomic E-state index is -1.71. The molecule has 10 heteroatoms. The van der Waals surface area contributed by atoms with E-state index in [1.54, 1.807) is 0 Å². The Kier molecular flexibility index (Phi) is 9.35. The van der Waals surface area contributed by atoms with E-state index in [1.807, 2.05) is 6.92 Å². The molecule has 26 heavy (non-hydrogen) atoms. The van der Waals surface area contributed by atoms with Gasteiger partial charge in [0.05, 0.1) is 31.7 Å². The monoisotopic (exact) mass is 495 g/mol. The molecule has 4 atom stereocenters. The number of hydrogen-bond acceptors (Lipinski definition) is 7. The van der Waals surface area contributed by atoms with Crippen molar-refractivity contribution in [3.05, 3.63) is 12.7 Å². The maximum atomic E-state index is 12.5. The molecular formula is C16H26AgNO6SSi. The number of rotatable bonds is 7. The van der Waals surface area contributed by atoms with Gasteiger partial charge in [-0.2, -0.15) is 0 Å². The summed E-state index contributed by atoms with van der Waals surface area (Å²) in [6, 6.07) is 0. The number of carbonyl (C=O) groups is 3. The van der Waals surface area contributed by atoms with E-state index in [0.29, 0.717) is 0 Å². The second kappa shape index (κ2) is 9.56. The number of amides is 2. The fourth-order valence-electron chi connectivity index (χ4n) is 2.33. The molecule has 0 spiro atoms. The first-order valence-electron chi connectivity index (χ1n) is 8.04. The predicted molar refractivity (Wildman–Crippen MR) is 97.2 cm³/mol. The van der Waals surface area contributed by atoms with Crippen molar-refractivity contribution in [2.45, 2.75) is 57.1 Å². The zero-order valence-corrected chi connectivity index (χ0v) is 18.9. The van der Waals surface area contributed by atoms with Crippen LogP contribution < -0.4 is 0 Å². The summed E-state index contributed by atoms with van der Waals surface area (Å²) >= 11 is 5.23. The normalized spacial score (nSPS) is 24.7. The molecule has 1 N–H and O–H groups in total. The summed E-state index contributed by atoms with van der Waals surface area (Å²) in [7, 11) is -1.71. The van der Waals surface area contributed by atoms with E-state index in [2.05, 4.69) is 26.2 Å². The van der Waals surface area contributed by atoms with Crippen LogP contribution in [0.3, 0.4) is 0 Å². The maximum Gasteiger partial charge on any atom is 1.00 e. The molecule has 1 aliphatic rings. The largest absolute Gasteiger partial charge is 1.00 e. The molecule has 0 saturated carbocycles. The average Bonchev–Trinajstić information content (AvgIpc) is 2.49. The second-order valence-corrected chi connectivity index (χ2v) is 13.3. The summed E-state index contributed by atoms with van der Waals surface area (Å²) in [6.45, 7) is 12.7. The Morgan fingerprint density at radius 2 is 1.96 bits per heavy atom. The summed E-state index contributed by atoms with van der Waals surface area (Å²) in [4.78, 5) is 37.5. The molecule has 7 nitrogen and oxygen atoms in total. The van der Waals surface area contributed by atoms with Gasteiger partial charge in [-0.15, -0.1) is 0 Å². The Labute approximate surface area is 176 Å². The van der Waals surface area contributed by atoms with Crippen LogP contribution in [0, 0.1) is 5.41 Å². The number of esters is 1. The third-order valence-corrected chi connectivity index (χ3v) is 7.71. The fourth-order valence-corrected chi connectivity index (χ4v) is 3.38. The standard InChI is InChI=1S/C16H27NO6SSi.Ag/c1-7-8-22-15(21)17-13(20)16(10(2)18,14(17)24)9-12(19)23-11(3)25(4,5)6;/h7,10-11,14,18,24H,1,8-9H2,2-6H3;/q;+1/p-1/t10?,11?,14-,16+;/m1./s1. The van der Waals surface area contributed by atoms with Gasteiger partial charge in [-0.25, -0.2) is 4.79 Å². The van der Waals surface area contributed by atoms with Crippen molar-refractivity contribution in [1.82, 2.24) is 4.90 Å². The third kappa shape index (κ3) is 5.02. The summed E-state index contributed by atoms with van der Waals surface area (Å²) in [5, 5.41) is 9.01. The van der Waals surface area contributed by atoms with E-state index in [0.717, 1.165) is 4.90 Å². The third-order valence-electron chi connectivity index (χ3n) is 4.52. The molecule has 2 unspecified atom stereocenters. The molecule has 0 radical (unpaired) electrons. The summed E-state index contributed by atoms with van der Waals surface area (Å²) in [5.41, 5.74) is -1.81. The van der Waals surface area contributed by atoms with Gasteiger partial charge < -0.3 is 27.2 Å². The van der Waals surface area contributed by atoms with Gasteiger partial charge in [0.25, 0.3) is 0 Å². The van der Waals surface area contributed by atoms with Crippen molar-refractivity contribution in [2.24, 2.45) is 5.41 Å². The van der Waals surface area contributed by atoms with Crippen molar-refractivity contribution in [3.8, 4) is 0 Å². The van der Waals surface area contributed by atoms with Gasteiger partial charge in [0.15, 0.2) is 0 Å². The topological polar surface area (TPSA) is 93.1 Å². The minimum Gasteiger partial charge on any atom is -0.766 e. The molecule has 152 valence electrons. The SMILES string of the molecule is C=CCOC(=O)N1C(=O)[C@](CC(=O)OC(C)[Si](C)(C)C)(C(C)O)[C@H]1[S-].[Ag+]. The molecule has 2 amide bonds. The minimum absolute atomic E-state index is 0. The van der Waals surface area contributed by atoms with Gasteiger partial charge in [-0.1, -0.05) is 37.7 Å². The number of aliphatic hydroxyl groups is 1. The van der Waals surface area contributed by atoms with Gasteiger partial charge in [-0.3, -0.25) is 14.5 Å². The van der Waals surface area contributed by atoms with Crippen LogP contribution in [-0.2, 0) is 54.1 Å². The molecule has 0 aromatic rings. The molecule has 1 rings (SSSR count). The van der Waals surface area contributed by atoms with Crippen LogP contribution >= 0.6 is 0 Å². The Morgan fingerprint density at radius 1 is 1.42 bits per heavy atom. The average molecular weight is 496 g/mol. The first kappa shape index (κ1) is 25.4. The predicted octanol–water partition coefficient (Wildman–Crippen LogP) is 1.59. The van der Waals surface area contributed by atoms with E-state index >= 15 is 0 Å². The van der Waals surface area contributed by atoms with Gasteiger partial charge in [0.1, 0.15) is 6.61 Å². The van der Waals surface area contributed by atoms with Gasteiger partial charge in [0.2, 0.25) is 5.91 Å². The Morgan fingerprint density at radius 3 is 2.35 bits per heavy atom. The first-order valence-corrected chi connectivity index (χ1v) is 12.1. The van der Waals surface area contributed by atoms with E-state index in [4.69, 9.17) is 22.1 Å². The molecule has 0 bridgehead atoms. The van der Waals surface area contributed by atoms with Crippen LogP contribution in [0.5, 0.6) is 0 Å². The van der Waals surface area contributed by atoms with Crippen molar-refractivity contribution in [1.29, 1.82) is 0 Å². The van der Waals surface area contributed by atoms with Crippen LogP contribution in [0.2, 0.25) is 19.6 Å². The van der Waals surface area contributed by atoms with Crippen LogP contribution in [-0.4, -0.2) is 59.9 Å². The quantitative estimate of drug-likeness (QED) is 0.188. The van der Waals surface area contributed by atoms with Crippen molar-refractivity contribution < 1.29 is 51.3 Å². The number of ether oxygens (including phenoxy) is 2. The number of nitrogens with zero attached hydrogens (tertiary/aromatic N) is 1. The van der Waals surface area contributed by atoms with E-state index in [-0.39, 0.29) is 41.1 Å². The van der Waals surface area contributed by atoms with Crippen LogP contribution in [0.15, 0.2) is 12.7 Å². The number of β-lactam (4-membered cyclic amide) rings is 1. The van der Waals surface area contributed by atoms with Crippen LogP contribution in [0.4, 0.5) is 4.79 Å². The van der Waals surface area contributed by atoms with Gasteiger partial charge >= 0.3 is 34.4 Å². The Balaban J connectivity index is 0.00000625. The zero-order chi connectivity index (χ0) is 19.6. The van der Waals surface area contributed by atoms with Crippen molar-refractivity contribution in [3.63, 3.8) is 0 Å². The number of likely N-dealkylation sites (tertiary alicyclic amines) is 1. The van der Waals surface area contributed by atoms with E-state index < -0.39 is 42.9 Å². The first-order chi connectivity index (χ1) is 11.4. The number of carbonyl (C=O) groups excluding carboxylic acids is 3. The fraction of sp³-hybridized carbons (Fsp3) is 0.688. The van der Waals surface area contributed by atoms with Crippen LogP contribution in [0.25, 0.3) is 0 Å². The van der Waals surface area contributed by atoms with Gasteiger partial charge in [-0.05, 0) is 13.8 Å². The Bertz CT molecular complexity index is 567. The maximum absolute atomic E-state index is 12.5. The van der Waals surface area contributed by atoms with E-state index in [1.165, 1.54) is 13.0 Å². The number of imide groups is 1. The summed E-state index contributed by atoms with van der Waals surface area (Å²) in [5.74, 6) is -1.34. The van der Waals surface area contributed by atoms with Crippen molar-refractivity contribution >= 4 is 38.7 Å². The van der Waals surface area contributed by atoms with Crippen LogP contribution in [0.1, 0.15) is 20.3 Å². The molecule has 0 aromatic heterocycles. The molecule has 0 aromatic carbocycles. The second-order valence-electron chi connectivity index (χ2n) is 7.28. The molecular weight excluding hydrogens is 470 g/mol. The zero-order valence-electron chi connectivity index (χ0n) is 15.6. The molecule has 1 heterocycles. The smallest absolute Gasteiger partial charge is 0.766 e. The number of hydrogen-bond donors (Lipinski definition) is 1. The van der Waals surface area contributed by atoms with Crippen molar-refractivity contribution in [2.75, 3.05) is 6.61 Å². The summed E-state index contributed by atoms with van der Waals surface area (Å²) in [6.07, 6.45) is -1.14. The van der Waals surface area contributed by atoms with Gasteiger partial charge in [0, 0.05) is 0 Å². The Hall–Kier alpha value is -0.583. The molecule has 0 aliphatic carbocycles.